The molecule has 1 aliphatic rings. The van der Waals surface area contributed by atoms with Gasteiger partial charge in [-0.1, -0.05) is 12.1 Å². The van der Waals surface area contributed by atoms with Gasteiger partial charge in [0.25, 0.3) is 0 Å². The number of nitrogens with zero attached hydrogens (tertiary/aromatic N) is 3. The van der Waals surface area contributed by atoms with Gasteiger partial charge in [0.15, 0.2) is 0 Å². The Labute approximate surface area is 196 Å². The maximum absolute atomic E-state index is 13.6. The number of amides is 3. The number of nitrogens with one attached hydrogen (secondary N) is 1. The molecule has 2 aromatic carbocycles. The summed E-state index contributed by atoms with van der Waals surface area (Å²) in [7, 11) is 0. The Morgan fingerprint density at radius 1 is 1.23 bits per heavy atom. The predicted octanol–water partition coefficient (Wildman–Crippen LogP) is 3.64. The molecule has 0 bridgehead atoms. The van der Waals surface area contributed by atoms with Crippen molar-refractivity contribution in [2.24, 2.45) is 5.92 Å². The smallest absolute Gasteiger partial charge is 0.331 e. The first kappa shape index (κ1) is 25.6. The number of alkyl halides is 3. The number of carbonyl (C=O) groups excluding carboxylic acids is 3. The van der Waals surface area contributed by atoms with Gasteiger partial charge in [0, 0.05) is 37.8 Å². The van der Waals surface area contributed by atoms with Gasteiger partial charge in [0.2, 0.25) is 17.6 Å². The lowest BCUT2D eigenvalue weighted by Crippen LogP contribution is -2.40. The quantitative estimate of drug-likeness (QED) is 0.357. The van der Waals surface area contributed by atoms with Crippen LogP contribution in [0.2, 0.25) is 0 Å². The highest BCUT2D eigenvalue weighted by Gasteiger charge is 2.42. The van der Waals surface area contributed by atoms with Crippen molar-refractivity contribution in [2.45, 2.75) is 26.1 Å². The largest absolute Gasteiger partial charge is 0.471 e. The van der Waals surface area contributed by atoms with Crippen LogP contribution in [0.4, 0.5) is 34.6 Å². The van der Waals surface area contributed by atoms with Crippen LogP contribution in [-0.2, 0) is 20.9 Å². The zero-order valence-electron chi connectivity index (χ0n) is 18.3. The van der Waals surface area contributed by atoms with E-state index in [1.807, 2.05) is 0 Å². The van der Waals surface area contributed by atoms with E-state index in [1.165, 1.54) is 37.3 Å². The number of rotatable bonds is 7. The lowest BCUT2D eigenvalue weighted by Gasteiger charge is -2.22. The monoisotopic (exact) mass is 496 g/mol. The highest BCUT2D eigenvalue weighted by molar-refractivity contribution is 6.03. The third kappa shape index (κ3) is 5.91. The summed E-state index contributed by atoms with van der Waals surface area (Å²) in [5.74, 6) is -4.88. The van der Waals surface area contributed by atoms with Crippen molar-refractivity contribution in [3.05, 3.63) is 64.0 Å². The van der Waals surface area contributed by atoms with E-state index in [4.69, 9.17) is 0 Å². The van der Waals surface area contributed by atoms with Crippen molar-refractivity contribution in [3.63, 3.8) is 0 Å². The third-order valence-corrected chi connectivity index (χ3v) is 5.41. The first-order chi connectivity index (χ1) is 16.4. The van der Waals surface area contributed by atoms with Gasteiger partial charge >= 0.3 is 17.8 Å². The fourth-order valence-corrected chi connectivity index (χ4v) is 3.66. The van der Waals surface area contributed by atoms with Gasteiger partial charge in [0.1, 0.15) is 0 Å². The van der Waals surface area contributed by atoms with E-state index < -0.39 is 46.2 Å². The predicted molar refractivity (Wildman–Crippen MR) is 116 cm³/mol. The topological polar surface area (TPSA) is 113 Å². The summed E-state index contributed by atoms with van der Waals surface area (Å²) in [6.07, 6.45) is -5.20. The number of carbonyl (C=O) groups is 3. The van der Waals surface area contributed by atoms with Crippen LogP contribution in [-0.4, -0.2) is 46.8 Å². The van der Waals surface area contributed by atoms with Crippen molar-refractivity contribution < 1.29 is 36.9 Å². The van der Waals surface area contributed by atoms with Crippen molar-refractivity contribution in [2.75, 3.05) is 23.3 Å². The van der Waals surface area contributed by atoms with Gasteiger partial charge in [-0.2, -0.15) is 17.6 Å². The number of nitro benzene ring substituents is 1. The molecule has 3 amide bonds. The van der Waals surface area contributed by atoms with E-state index in [0.717, 1.165) is 17.0 Å². The minimum absolute atomic E-state index is 0.0781. The molecular formula is C22H20F4N4O5. The van der Waals surface area contributed by atoms with E-state index in [2.05, 4.69) is 5.32 Å². The highest BCUT2D eigenvalue weighted by atomic mass is 19.4. The van der Waals surface area contributed by atoms with Gasteiger partial charge in [-0.05, 0) is 36.8 Å². The molecule has 3 rings (SSSR count). The molecule has 13 heteroatoms. The van der Waals surface area contributed by atoms with E-state index >= 15 is 0 Å². The number of anilines is 2. The first-order valence-corrected chi connectivity index (χ1v) is 10.4. The molecule has 1 fully saturated rings. The van der Waals surface area contributed by atoms with E-state index in [-0.39, 0.29) is 37.4 Å². The summed E-state index contributed by atoms with van der Waals surface area (Å²) in [6, 6.07) is 8.90. The molecule has 1 aliphatic heterocycles. The summed E-state index contributed by atoms with van der Waals surface area (Å²) < 4.78 is 51.8. The lowest BCUT2D eigenvalue weighted by molar-refractivity contribution is -0.387. The van der Waals surface area contributed by atoms with Crippen molar-refractivity contribution in [1.29, 1.82) is 0 Å². The Balaban J connectivity index is 1.69. The molecule has 9 nitrogen and oxygen atoms in total. The zero-order valence-corrected chi connectivity index (χ0v) is 18.3. The van der Waals surface area contributed by atoms with Crippen LogP contribution in [0.25, 0.3) is 0 Å². The second kappa shape index (κ2) is 10.1. The first-order valence-electron chi connectivity index (χ1n) is 10.4. The number of benzene rings is 2. The van der Waals surface area contributed by atoms with Gasteiger partial charge in [-0.15, -0.1) is 0 Å². The molecule has 0 spiro atoms. The van der Waals surface area contributed by atoms with Gasteiger partial charge in [0.05, 0.1) is 16.5 Å². The van der Waals surface area contributed by atoms with Crippen molar-refractivity contribution in [3.8, 4) is 0 Å². The molecule has 1 N–H and O–H groups in total. The Morgan fingerprint density at radius 2 is 1.94 bits per heavy atom. The fourth-order valence-electron chi connectivity index (χ4n) is 3.66. The summed E-state index contributed by atoms with van der Waals surface area (Å²) >= 11 is 0. The summed E-state index contributed by atoms with van der Waals surface area (Å²) in [5, 5.41) is 13.6. The second-order valence-corrected chi connectivity index (χ2v) is 7.80. The maximum atomic E-state index is 13.6. The SMILES string of the molecule is CCN(Cc1cccc(NC(=O)C2CC(=O)N(c3ccc(F)c([N+](=O)[O-])c3)C2)c1)C(=O)C(F)(F)F. The minimum Gasteiger partial charge on any atom is -0.331 e. The summed E-state index contributed by atoms with van der Waals surface area (Å²) in [4.78, 5) is 48.5. The van der Waals surface area contributed by atoms with Crippen LogP contribution in [0.15, 0.2) is 42.5 Å². The average Bonchev–Trinajstić information content (AvgIpc) is 3.18. The normalized spacial score (nSPS) is 15.7. The van der Waals surface area contributed by atoms with Crippen LogP contribution in [0.5, 0.6) is 0 Å². The Hall–Kier alpha value is -4.03. The van der Waals surface area contributed by atoms with E-state index in [1.54, 1.807) is 0 Å². The summed E-state index contributed by atoms with van der Waals surface area (Å²) in [6.45, 7) is 0.818. The third-order valence-electron chi connectivity index (χ3n) is 5.41. The van der Waals surface area contributed by atoms with Gasteiger partial charge in [-0.25, -0.2) is 0 Å². The Kier molecular flexibility index (Phi) is 7.37. The Bertz CT molecular complexity index is 1170. The van der Waals surface area contributed by atoms with Crippen molar-refractivity contribution in [1.82, 2.24) is 4.90 Å². The molecular weight excluding hydrogens is 476 g/mol. The zero-order chi connectivity index (χ0) is 25.9. The molecule has 1 atom stereocenters. The molecule has 35 heavy (non-hydrogen) atoms. The van der Waals surface area contributed by atoms with E-state index in [0.29, 0.717) is 10.5 Å². The molecule has 1 saturated heterocycles. The summed E-state index contributed by atoms with van der Waals surface area (Å²) in [5.41, 5.74) is -0.115. The Morgan fingerprint density at radius 3 is 2.57 bits per heavy atom. The van der Waals surface area contributed by atoms with Gasteiger partial charge < -0.3 is 15.1 Å². The highest BCUT2D eigenvalue weighted by Crippen LogP contribution is 2.30. The molecule has 0 radical (unpaired) electrons. The molecule has 1 heterocycles. The lowest BCUT2D eigenvalue weighted by atomic mass is 10.1. The fraction of sp³-hybridized carbons (Fsp3) is 0.318. The average molecular weight is 496 g/mol. The van der Waals surface area contributed by atoms with Crippen LogP contribution in [0.3, 0.4) is 0 Å². The number of nitro groups is 1. The van der Waals surface area contributed by atoms with Gasteiger partial charge in [-0.3, -0.25) is 24.5 Å². The number of halogens is 4. The molecule has 0 saturated carbocycles. The number of hydrogen-bond acceptors (Lipinski definition) is 5. The molecule has 186 valence electrons. The molecule has 2 aromatic rings. The van der Waals surface area contributed by atoms with Crippen LogP contribution < -0.4 is 10.2 Å². The second-order valence-electron chi connectivity index (χ2n) is 7.80. The minimum atomic E-state index is -5.01. The molecule has 1 unspecified atom stereocenters. The van der Waals surface area contributed by atoms with Crippen LogP contribution in [0.1, 0.15) is 18.9 Å². The maximum Gasteiger partial charge on any atom is 0.471 e. The van der Waals surface area contributed by atoms with Crippen LogP contribution >= 0.6 is 0 Å². The van der Waals surface area contributed by atoms with Crippen LogP contribution in [0, 0.1) is 21.8 Å². The van der Waals surface area contributed by atoms with Crippen molar-refractivity contribution >= 4 is 34.8 Å². The number of hydrogen-bond donors (Lipinski definition) is 1. The standard InChI is InChI=1S/C22H20F4N4O5/c1-2-28(21(33)22(24,25)26)11-13-4-3-5-15(8-13)27-20(32)14-9-19(31)29(12-14)16-6-7-17(23)18(10-16)30(34)35/h3-8,10,14H,2,9,11-12H2,1H3,(H,27,32). The molecule has 0 aliphatic carbocycles. The van der Waals surface area contributed by atoms with E-state index in [9.17, 15) is 42.1 Å². The molecule has 0 aromatic heterocycles.